The first kappa shape index (κ1) is 13.7. The molecule has 2 heterocycles. The lowest BCUT2D eigenvalue weighted by molar-refractivity contribution is -0.0366. The summed E-state index contributed by atoms with van der Waals surface area (Å²) in [4.78, 5) is 6.69. The molecule has 0 radical (unpaired) electrons. The van der Waals surface area contributed by atoms with Crippen LogP contribution in [0.5, 0.6) is 0 Å². The Kier molecular flexibility index (Phi) is 3.87. The number of halogens is 1. The zero-order chi connectivity index (χ0) is 14.1. The van der Waals surface area contributed by atoms with E-state index in [4.69, 9.17) is 9.26 Å². The summed E-state index contributed by atoms with van der Waals surface area (Å²) in [5.41, 5.74) is 2.08. The number of nitrogens with zero attached hydrogens (tertiary/aromatic N) is 3. The standard InChI is InChI=1S/C14H16BrN3O2/c1-9-3-4-10(15)7-11(9)13-16-14(20-17-13)12-8-18(2)5-6-19-12/h3-4,7,12H,5-6,8H2,1-2H3. The van der Waals surface area contributed by atoms with Gasteiger partial charge >= 0.3 is 0 Å². The van der Waals surface area contributed by atoms with Crippen LogP contribution in [0.4, 0.5) is 0 Å². The predicted molar refractivity (Wildman–Crippen MR) is 78.4 cm³/mol. The monoisotopic (exact) mass is 337 g/mol. The third-order valence-electron chi connectivity index (χ3n) is 3.43. The van der Waals surface area contributed by atoms with E-state index >= 15 is 0 Å². The average Bonchev–Trinajstić information content (AvgIpc) is 2.91. The van der Waals surface area contributed by atoms with E-state index in [1.54, 1.807) is 0 Å². The quantitative estimate of drug-likeness (QED) is 0.843. The van der Waals surface area contributed by atoms with E-state index in [9.17, 15) is 0 Å². The molecule has 1 unspecified atom stereocenters. The fourth-order valence-corrected chi connectivity index (χ4v) is 2.60. The first-order valence-corrected chi connectivity index (χ1v) is 7.33. The third kappa shape index (κ3) is 2.77. The summed E-state index contributed by atoms with van der Waals surface area (Å²) in [7, 11) is 2.06. The zero-order valence-electron chi connectivity index (χ0n) is 11.5. The van der Waals surface area contributed by atoms with Crippen LogP contribution in [-0.2, 0) is 4.74 Å². The van der Waals surface area contributed by atoms with Gasteiger partial charge in [-0.15, -0.1) is 0 Å². The van der Waals surface area contributed by atoms with Gasteiger partial charge in [0.25, 0.3) is 5.89 Å². The van der Waals surface area contributed by atoms with E-state index in [1.807, 2.05) is 25.1 Å². The van der Waals surface area contributed by atoms with Crippen molar-refractivity contribution >= 4 is 15.9 Å². The summed E-state index contributed by atoms with van der Waals surface area (Å²) < 4.78 is 12.1. The van der Waals surface area contributed by atoms with Crippen LogP contribution in [0.25, 0.3) is 11.4 Å². The maximum Gasteiger partial charge on any atom is 0.257 e. The molecule has 1 fully saturated rings. The van der Waals surface area contributed by atoms with Crippen molar-refractivity contribution in [2.24, 2.45) is 0 Å². The fourth-order valence-electron chi connectivity index (χ4n) is 2.24. The van der Waals surface area contributed by atoms with E-state index in [2.05, 4.69) is 38.0 Å². The van der Waals surface area contributed by atoms with Gasteiger partial charge < -0.3 is 14.2 Å². The first-order chi connectivity index (χ1) is 9.63. The number of hydrogen-bond acceptors (Lipinski definition) is 5. The highest BCUT2D eigenvalue weighted by Gasteiger charge is 2.25. The van der Waals surface area contributed by atoms with E-state index < -0.39 is 0 Å². The van der Waals surface area contributed by atoms with Gasteiger partial charge in [-0.1, -0.05) is 27.2 Å². The molecule has 1 aromatic heterocycles. The summed E-state index contributed by atoms with van der Waals surface area (Å²) in [6, 6.07) is 6.02. The summed E-state index contributed by atoms with van der Waals surface area (Å²) in [6.45, 7) is 4.43. The zero-order valence-corrected chi connectivity index (χ0v) is 13.1. The highest BCUT2D eigenvalue weighted by molar-refractivity contribution is 9.10. The van der Waals surface area contributed by atoms with Crippen molar-refractivity contribution in [3.05, 3.63) is 34.1 Å². The minimum Gasteiger partial charge on any atom is -0.366 e. The smallest absolute Gasteiger partial charge is 0.257 e. The van der Waals surface area contributed by atoms with Gasteiger partial charge in [0.15, 0.2) is 0 Å². The third-order valence-corrected chi connectivity index (χ3v) is 3.92. The number of likely N-dealkylation sites (N-methyl/N-ethyl adjacent to an activating group) is 1. The Morgan fingerprint density at radius 1 is 1.40 bits per heavy atom. The summed E-state index contributed by atoms with van der Waals surface area (Å²) in [5, 5.41) is 4.08. The number of aryl methyl sites for hydroxylation is 1. The highest BCUT2D eigenvalue weighted by Crippen LogP contribution is 2.27. The van der Waals surface area contributed by atoms with E-state index in [-0.39, 0.29) is 6.10 Å². The fraction of sp³-hybridized carbons (Fsp3) is 0.429. The lowest BCUT2D eigenvalue weighted by Crippen LogP contribution is -2.35. The number of benzene rings is 1. The van der Waals surface area contributed by atoms with Crippen molar-refractivity contribution in [1.82, 2.24) is 15.0 Å². The summed E-state index contributed by atoms with van der Waals surface area (Å²) in [5.74, 6) is 1.15. The Bertz CT molecular complexity index is 614. The Hall–Kier alpha value is -1.24. The molecule has 1 aromatic carbocycles. The van der Waals surface area contributed by atoms with Crippen LogP contribution in [-0.4, -0.2) is 41.8 Å². The number of morpholine rings is 1. The molecule has 106 valence electrons. The number of aromatic nitrogens is 2. The molecule has 5 nitrogen and oxygen atoms in total. The molecule has 0 saturated carbocycles. The van der Waals surface area contributed by atoms with Crippen molar-refractivity contribution < 1.29 is 9.26 Å². The molecule has 20 heavy (non-hydrogen) atoms. The molecule has 0 bridgehead atoms. The van der Waals surface area contributed by atoms with E-state index in [0.717, 1.165) is 28.7 Å². The lowest BCUT2D eigenvalue weighted by Gasteiger charge is -2.27. The lowest BCUT2D eigenvalue weighted by atomic mass is 10.1. The van der Waals surface area contributed by atoms with Crippen LogP contribution in [0.1, 0.15) is 17.6 Å². The van der Waals surface area contributed by atoms with Gasteiger partial charge in [-0.3, -0.25) is 0 Å². The Labute approximate surface area is 126 Å². The molecular formula is C14H16BrN3O2. The van der Waals surface area contributed by atoms with E-state index in [0.29, 0.717) is 18.3 Å². The molecule has 1 saturated heterocycles. The maximum atomic E-state index is 5.69. The molecule has 6 heteroatoms. The molecule has 0 amide bonds. The van der Waals surface area contributed by atoms with Crippen molar-refractivity contribution in [3.8, 4) is 11.4 Å². The average molecular weight is 338 g/mol. The van der Waals surface area contributed by atoms with Crippen LogP contribution >= 0.6 is 15.9 Å². The van der Waals surface area contributed by atoms with Gasteiger partial charge in [0, 0.05) is 23.1 Å². The highest BCUT2D eigenvalue weighted by atomic mass is 79.9. The number of ether oxygens (including phenoxy) is 1. The Morgan fingerprint density at radius 2 is 2.25 bits per heavy atom. The van der Waals surface area contributed by atoms with Crippen molar-refractivity contribution in [1.29, 1.82) is 0 Å². The number of rotatable bonds is 2. The van der Waals surface area contributed by atoms with Gasteiger partial charge in [-0.2, -0.15) is 4.98 Å². The van der Waals surface area contributed by atoms with Gasteiger partial charge in [0.1, 0.15) is 6.10 Å². The number of hydrogen-bond donors (Lipinski definition) is 0. The Morgan fingerprint density at radius 3 is 3.05 bits per heavy atom. The van der Waals surface area contributed by atoms with E-state index in [1.165, 1.54) is 0 Å². The van der Waals surface area contributed by atoms with Crippen molar-refractivity contribution in [3.63, 3.8) is 0 Å². The van der Waals surface area contributed by atoms with Crippen molar-refractivity contribution in [2.75, 3.05) is 26.7 Å². The molecule has 3 rings (SSSR count). The molecule has 0 N–H and O–H groups in total. The summed E-state index contributed by atoms with van der Waals surface area (Å²) in [6.07, 6.45) is -0.137. The normalized spacial score (nSPS) is 20.2. The molecule has 2 aromatic rings. The molecule has 0 aliphatic carbocycles. The van der Waals surface area contributed by atoms with Gasteiger partial charge in [0.2, 0.25) is 5.82 Å². The molecule has 1 atom stereocenters. The largest absolute Gasteiger partial charge is 0.366 e. The van der Waals surface area contributed by atoms with Crippen LogP contribution < -0.4 is 0 Å². The topological polar surface area (TPSA) is 51.4 Å². The second-order valence-electron chi connectivity index (χ2n) is 5.04. The SMILES string of the molecule is Cc1ccc(Br)cc1-c1noc(C2CN(C)CCO2)n1. The first-order valence-electron chi connectivity index (χ1n) is 6.54. The van der Waals surface area contributed by atoms with Crippen LogP contribution in [0.15, 0.2) is 27.2 Å². The van der Waals surface area contributed by atoms with Gasteiger partial charge in [0.05, 0.1) is 6.61 Å². The van der Waals surface area contributed by atoms with Gasteiger partial charge in [-0.05, 0) is 31.7 Å². The molecule has 1 aliphatic rings. The van der Waals surface area contributed by atoms with Gasteiger partial charge in [-0.25, -0.2) is 0 Å². The maximum absolute atomic E-state index is 5.69. The van der Waals surface area contributed by atoms with Crippen LogP contribution in [0, 0.1) is 6.92 Å². The molecule has 1 aliphatic heterocycles. The second-order valence-corrected chi connectivity index (χ2v) is 5.95. The van der Waals surface area contributed by atoms with Crippen LogP contribution in [0.3, 0.4) is 0 Å². The predicted octanol–water partition coefficient (Wildman–Crippen LogP) is 2.81. The minimum absolute atomic E-state index is 0.137. The Balaban J connectivity index is 1.88. The summed E-state index contributed by atoms with van der Waals surface area (Å²) >= 11 is 3.47. The second kappa shape index (κ2) is 5.63. The minimum atomic E-state index is -0.137. The molecule has 0 spiro atoms. The molecular weight excluding hydrogens is 322 g/mol. The van der Waals surface area contributed by atoms with Crippen molar-refractivity contribution in [2.45, 2.75) is 13.0 Å². The van der Waals surface area contributed by atoms with Crippen LogP contribution in [0.2, 0.25) is 0 Å².